The standard InChI is InChI=1S/C21H17FN2O3S/c1-11-4-6-14(7-5-11)18-12(2)24-20(26)17(28-21(24)23-18)10-13-8-15(22)19(25)16(9-13)27-3/h4-10,25H,1-3H3/b17-10-. The zero-order valence-electron chi connectivity index (χ0n) is 15.5. The van der Waals surface area contributed by atoms with Gasteiger partial charge in [0.25, 0.3) is 5.56 Å². The second-order valence-corrected chi connectivity index (χ2v) is 7.51. The normalized spacial score (nSPS) is 12.1. The first kappa shape index (κ1) is 18.2. The molecule has 1 N–H and O–H groups in total. The van der Waals surface area contributed by atoms with E-state index in [0.717, 1.165) is 28.6 Å². The summed E-state index contributed by atoms with van der Waals surface area (Å²) in [5, 5.41) is 9.63. The molecule has 0 unspecified atom stereocenters. The molecule has 142 valence electrons. The number of phenols is 1. The average Bonchev–Trinajstić information content (AvgIpc) is 3.15. The highest BCUT2D eigenvalue weighted by atomic mass is 32.1. The van der Waals surface area contributed by atoms with Crippen molar-refractivity contribution < 1.29 is 14.2 Å². The van der Waals surface area contributed by atoms with E-state index in [2.05, 4.69) is 4.98 Å². The quantitative estimate of drug-likeness (QED) is 0.576. The molecule has 0 aliphatic rings. The topological polar surface area (TPSA) is 63.8 Å². The van der Waals surface area contributed by atoms with Crippen molar-refractivity contribution in [1.82, 2.24) is 9.38 Å². The minimum absolute atomic E-state index is 0.0119. The molecule has 2 aromatic heterocycles. The number of benzene rings is 2. The zero-order chi connectivity index (χ0) is 20.0. The minimum Gasteiger partial charge on any atom is -0.502 e. The Bertz CT molecular complexity index is 1310. The molecule has 4 rings (SSSR count). The molecule has 0 fully saturated rings. The van der Waals surface area contributed by atoms with Crippen LogP contribution in [-0.4, -0.2) is 21.6 Å². The number of aromatic nitrogens is 2. The van der Waals surface area contributed by atoms with E-state index in [9.17, 15) is 14.3 Å². The van der Waals surface area contributed by atoms with Crippen molar-refractivity contribution in [2.45, 2.75) is 13.8 Å². The van der Waals surface area contributed by atoms with Gasteiger partial charge in [-0.1, -0.05) is 41.2 Å². The summed E-state index contributed by atoms with van der Waals surface area (Å²) in [4.78, 5) is 18.1. The van der Waals surface area contributed by atoms with Crippen molar-refractivity contribution in [2.24, 2.45) is 0 Å². The summed E-state index contributed by atoms with van der Waals surface area (Å²) in [5.41, 5.74) is 3.84. The summed E-state index contributed by atoms with van der Waals surface area (Å²) >= 11 is 1.23. The molecule has 0 spiro atoms. The van der Waals surface area contributed by atoms with Gasteiger partial charge < -0.3 is 9.84 Å². The van der Waals surface area contributed by atoms with Gasteiger partial charge in [-0.2, -0.15) is 0 Å². The van der Waals surface area contributed by atoms with E-state index in [1.165, 1.54) is 24.5 Å². The van der Waals surface area contributed by atoms with Crippen LogP contribution in [0.3, 0.4) is 0 Å². The van der Waals surface area contributed by atoms with Crippen LogP contribution in [0.2, 0.25) is 0 Å². The highest BCUT2D eigenvalue weighted by molar-refractivity contribution is 7.15. The monoisotopic (exact) mass is 396 g/mol. The number of thiazole rings is 1. The molecule has 0 saturated carbocycles. The number of methoxy groups -OCH3 is 1. The van der Waals surface area contributed by atoms with Gasteiger partial charge in [0.1, 0.15) is 0 Å². The first-order valence-corrected chi connectivity index (χ1v) is 9.38. The molecule has 4 aromatic rings. The predicted octanol–water partition coefficient (Wildman–Crippen LogP) is 3.44. The van der Waals surface area contributed by atoms with Gasteiger partial charge in [0.2, 0.25) is 0 Å². The van der Waals surface area contributed by atoms with Crippen molar-refractivity contribution in [3.63, 3.8) is 0 Å². The number of fused-ring (bicyclic) bond motifs is 1. The maximum Gasteiger partial charge on any atom is 0.274 e. The Balaban J connectivity index is 1.86. The molecule has 7 heteroatoms. The van der Waals surface area contributed by atoms with Gasteiger partial charge in [-0.15, -0.1) is 0 Å². The second kappa shape index (κ2) is 6.76. The maximum atomic E-state index is 13.9. The molecule has 0 aliphatic carbocycles. The summed E-state index contributed by atoms with van der Waals surface area (Å²) in [7, 11) is 1.34. The lowest BCUT2D eigenvalue weighted by Crippen LogP contribution is -2.23. The van der Waals surface area contributed by atoms with Crippen LogP contribution in [-0.2, 0) is 0 Å². The van der Waals surface area contributed by atoms with Gasteiger partial charge in [0.05, 0.1) is 23.0 Å². The van der Waals surface area contributed by atoms with E-state index in [0.29, 0.717) is 15.1 Å². The van der Waals surface area contributed by atoms with Crippen LogP contribution in [0.1, 0.15) is 16.8 Å². The molecule has 0 aliphatic heterocycles. The van der Waals surface area contributed by atoms with E-state index in [1.807, 2.05) is 38.1 Å². The lowest BCUT2D eigenvalue weighted by Gasteiger charge is -2.04. The van der Waals surface area contributed by atoms with Crippen molar-refractivity contribution >= 4 is 22.4 Å². The summed E-state index contributed by atoms with van der Waals surface area (Å²) in [6.45, 7) is 3.87. The first-order chi connectivity index (χ1) is 13.4. The van der Waals surface area contributed by atoms with Gasteiger partial charge in [0.15, 0.2) is 22.3 Å². The van der Waals surface area contributed by atoms with Crippen molar-refractivity contribution in [3.05, 3.63) is 73.9 Å². The lowest BCUT2D eigenvalue weighted by atomic mass is 10.1. The molecule has 5 nitrogen and oxygen atoms in total. The van der Waals surface area contributed by atoms with E-state index in [-0.39, 0.29) is 11.3 Å². The molecular weight excluding hydrogens is 379 g/mol. The third kappa shape index (κ3) is 2.93. The Morgan fingerprint density at radius 2 is 1.93 bits per heavy atom. The number of halogens is 1. The Kier molecular flexibility index (Phi) is 4.39. The Labute approximate surface area is 164 Å². The van der Waals surface area contributed by atoms with Gasteiger partial charge in [-0.05, 0) is 37.6 Å². The fraction of sp³-hybridized carbons (Fsp3) is 0.143. The van der Waals surface area contributed by atoms with Gasteiger partial charge >= 0.3 is 0 Å². The SMILES string of the molecule is COc1cc(/C=c2\sc3nc(-c4ccc(C)cc4)c(C)n3c2=O)cc(F)c1O. The van der Waals surface area contributed by atoms with E-state index in [4.69, 9.17) is 4.74 Å². The summed E-state index contributed by atoms with van der Waals surface area (Å²) in [6.07, 6.45) is 1.57. The number of phenolic OH excluding ortho intramolecular Hbond substituents is 1. The number of aryl methyl sites for hydroxylation is 2. The van der Waals surface area contributed by atoms with Crippen LogP contribution in [0.5, 0.6) is 11.5 Å². The molecule has 28 heavy (non-hydrogen) atoms. The number of hydrogen-bond acceptors (Lipinski definition) is 5. The molecule has 0 bridgehead atoms. The van der Waals surface area contributed by atoms with Crippen molar-refractivity contribution in [3.8, 4) is 22.8 Å². The predicted molar refractivity (Wildman–Crippen MR) is 108 cm³/mol. The molecule has 0 atom stereocenters. The Morgan fingerprint density at radius 3 is 2.57 bits per heavy atom. The molecule has 2 aromatic carbocycles. The molecule has 0 radical (unpaired) electrons. The molecule has 0 amide bonds. The smallest absolute Gasteiger partial charge is 0.274 e. The highest BCUT2D eigenvalue weighted by Gasteiger charge is 2.16. The largest absolute Gasteiger partial charge is 0.502 e. The minimum atomic E-state index is -0.808. The maximum absolute atomic E-state index is 13.9. The second-order valence-electron chi connectivity index (χ2n) is 6.50. The third-order valence-electron chi connectivity index (χ3n) is 4.59. The summed E-state index contributed by atoms with van der Waals surface area (Å²) < 4.78 is 20.8. The van der Waals surface area contributed by atoms with Crippen LogP contribution < -0.4 is 14.8 Å². The number of nitrogens with zero attached hydrogens (tertiary/aromatic N) is 2. The number of hydrogen-bond donors (Lipinski definition) is 1. The number of ether oxygens (including phenoxy) is 1. The van der Waals surface area contributed by atoms with Gasteiger partial charge in [0, 0.05) is 5.56 Å². The van der Waals surface area contributed by atoms with E-state index in [1.54, 1.807) is 10.5 Å². The third-order valence-corrected chi connectivity index (χ3v) is 5.55. The fourth-order valence-corrected chi connectivity index (χ4v) is 4.11. The van der Waals surface area contributed by atoms with Gasteiger partial charge in [-0.25, -0.2) is 9.37 Å². The molecule has 0 saturated heterocycles. The molecular formula is C21H17FN2O3S. The van der Waals surface area contributed by atoms with E-state index >= 15 is 0 Å². The molecule has 2 heterocycles. The van der Waals surface area contributed by atoms with Gasteiger partial charge in [-0.3, -0.25) is 9.20 Å². The summed E-state index contributed by atoms with van der Waals surface area (Å²) in [5.74, 6) is -1.35. The fourth-order valence-electron chi connectivity index (χ4n) is 3.10. The van der Waals surface area contributed by atoms with Crippen LogP contribution in [0.15, 0.2) is 41.2 Å². The Morgan fingerprint density at radius 1 is 1.21 bits per heavy atom. The van der Waals surface area contributed by atoms with Crippen LogP contribution >= 0.6 is 11.3 Å². The lowest BCUT2D eigenvalue weighted by molar-refractivity contribution is 0.357. The first-order valence-electron chi connectivity index (χ1n) is 8.56. The Hall–Kier alpha value is -3.19. The number of rotatable bonds is 3. The van der Waals surface area contributed by atoms with E-state index < -0.39 is 11.6 Å². The zero-order valence-corrected chi connectivity index (χ0v) is 16.3. The van der Waals surface area contributed by atoms with Crippen LogP contribution in [0.4, 0.5) is 4.39 Å². The highest BCUT2D eigenvalue weighted by Crippen LogP contribution is 2.30. The van der Waals surface area contributed by atoms with Crippen LogP contribution in [0, 0.1) is 19.7 Å². The number of imidazole rings is 1. The average molecular weight is 396 g/mol. The number of aromatic hydroxyl groups is 1. The van der Waals surface area contributed by atoms with Crippen LogP contribution in [0.25, 0.3) is 22.3 Å². The summed E-state index contributed by atoms with van der Waals surface area (Å²) in [6, 6.07) is 10.6. The van der Waals surface area contributed by atoms with Crippen molar-refractivity contribution in [2.75, 3.05) is 7.11 Å². The van der Waals surface area contributed by atoms with Crippen molar-refractivity contribution in [1.29, 1.82) is 0 Å².